The van der Waals surface area contributed by atoms with Crippen LogP contribution in [0.5, 0.6) is 29.0 Å². The Morgan fingerprint density at radius 3 is 1.50 bits per heavy atom. The van der Waals surface area contributed by atoms with Crippen LogP contribution in [-0.2, 0) is 0 Å². The van der Waals surface area contributed by atoms with Crippen LogP contribution in [0.1, 0.15) is 0 Å². The molecule has 1 heterocycles. The van der Waals surface area contributed by atoms with Crippen molar-refractivity contribution < 1.29 is 23.0 Å². The second-order valence-electron chi connectivity index (χ2n) is 4.63. The first-order valence-electron chi connectivity index (χ1n) is 6.91. The van der Waals surface area contributed by atoms with Gasteiger partial charge in [0.1, 0.15) is 29.5 Å². The first-order chi connectivity index (χ1) is 11.7. The minimum absolute atomic E-state index is 0.108. The van der Waals surface area contributed by atoms with Crippen LogP contribution >= 0.6 is 0 Å². The number of methoxy groups -OCH3 is 1. The number of benzene rings is 2. The number of aromatic nitrogens is 2. The summed E-state index contributed by atoms with van der Waals surface area (Å²) in [4.78, 5) is 7.98. The van der Waals surface area contributed by atoms with Gasteiger partial charge < -0.3 is 14.2 Å². The average molecular weight is 330 g/mol. The molecule has 0 fully saturated rings. The molecule has 0 unspecified atom stereocenters. The number of rotatable bonds is 5. The lowest BCUT2D eigenvalue weighted by Gasteiger charge is -2.12. The molecule has 1 aromatic heterocycles. The highest BCUT2D eigenvalue weighted by atomic mass is 19.1. The third-order valence-corrected chi connectivity index (χ3v) is 3.00. The van der Waals surface area contributed by atoms with Crippen LogP contribution in [0.2, 0.25) is 0 Å². The van der Waals surface area contributed by atoms with Gasteiger partial charge in [0.2, 0.25) is 5.75 Å². The summed E-state index contributed by atoms with van der Waals surface area (Å²) in [5.74, 6) is 0.371. The van der Waals surface area contributed by atoms with Crippen LogP contribution in [0.4, 0.5) is 8.78 Å². The zero-order valence-corrected chi connectivity index (χ0v) is 12.6. The van der Waals surface area contributed by atoms with Gasteiger partial charge in [0, 0.05) is 0 Å². The Kier molecular flexibility index (Phi) is 4.51. The molecule has 0 atom stereocenters. The van der Waals surface area contributed by atoms with E-state index in [2.05, 4.69) is 9.97 Å². The molecule has 5 nitrogen and oxygen atoms in total. The predicted octanol–water partition coefficient (Wildman–Crippen LogP) is 4.35. The summed E-state index contributed by atoms with van der Waals surface area (Å²) < 4.78 is 42.3. The number of halogens is 2. The maximum atomic E-state index is 13.0. The molecular weight excluding hydrogens is 318 g/mol. The first-order valence-corrected chi connectivity index (χ1v) is 6.91. The highest BCUT2D eigenvalue weighted by molar-refractivity contribution is 5.45. The molecular formula is C17H12F2N2O3. The summed E-state index contributed by atoms with van der Waals surface area (Å²) in [7, 11) is 1.41. The topological polar surface area (TPSA) is 53.5 Å². The van der Waals surface area contributed by atoms with E-state index in [4.69, 9.17) is 14.2 Å². The third-order valence-electron chi connectivity index (χ3n) is 3.00. The molecule has 0 saturated heterocycles. The van der Waals surface area contributed by atoms with Gasteiger partial charge in [0.25, 0.3) is 11.8 Å². The maximum absolute atomic E-state index is 13.0. The van der Waals surface area contributed by atoms with Gasteiger partial charge in [-0.3, -0.25) is 0 Å². The predicted molar refractivity (Wildman–Crippen MR) is 81.5 cm³/mol. The summed E-state index contributed by atoms with van der Waals surface area (Å²) in [6.07, 6.45) is 1.24. The van der Waals surface area contributed by atoms with Crippen LogP contribution in [0, 0.1) is 11.6 Å². The zero-order chi connectivity index (χ0) is 16.9. The molecule has 0 aliphatic carbocycles. The van der Waals surface area contributed by atoms with E-state index in [1.54, 1.807) is 0 Å². The third kappa shape index (κ3) is 3.57. The van der Waals surface area contributed by atoms with E-state index in [1.807, 2.05) is 0 Å². The number of hydrogen-bond donors (Lipinski definition) is 0. The van der Waals surface area contributed by atoms with E-state index >= 15 is 0 Å². The second kappa shape index (κ2) is 6.91. The molecule has 0 aliphatic rings. The summed E-state index contributed by atoms with van der Waals surface area (Å²) in [6, 6.07) is 10.9. The standard InChI is InChI=1S/C17H12F2N2O3/c1-22-15-16(23-13-6-2-11(18)3-7-13)20-10-21-17(15)24-14-8-4-12(19)5-9-14/h2-10H,1H3. The Balaban J connectivity index is 1.88. The Bertz CT molecular complexity index is 758. The maximum Gasteiger partial charge on any atom is 0.269 e. The van der Waals surface area contributed by atoms with Crippen LogP contribution < -0.4 is 14.2 Å². The highest BCUT2D eigenvalue weighted by Gasteiger charge is 2.16. The first kappa shape index (κ1) is 15.7. The number of nitrogens with zero attached hydrogens (tertiary/aromatic N) is 2. The van der Waals surface area contributed by atoms with Crippen molar-refractivity contribution >= 4 is 0 Å². The van der Waals surface area contributed by atoms with E-state index in [0.29, 0.717) is 11.5 Å². The lowest BCUT2D eigenvalue weighted by Crippen LogP contribution is -1.98. The SMILES string of the molecule is COc1c(Oc2ccc(F)cc2)ncnc1Oc1ccc(F)cc1. The van der Waals surface area contributed by atoms with Crippen LogP contribution in [0.15, 0.2) is 54.9 Å². The Labute approximate surface area is 136 Å². The van der Waals surface area contributed by atoms with Gasteiger partial charge in [0.15, 0.2) is 0 Å². The Morgan fingerprint density at radius 1 is 0.708 bits per heavy atom. The van der Waals surface area contributed by atoms with Gasteiger partial charge >= 0.3 is 0 Å². The lowest BCUT2D eigenvalue weighted by molar-refractivity contribution is 0.337. The second-order valence-corrected chi connectivity index (χ2v) is 4.63. The molecule has 24 heavy (non-hydrogen) atoms. The van der Waals surface area contributed by atoms with E-state index in [0.717, 1.165) is 0 Å². The molecule has 7 heteroatoms. The zero-order valence-electron chi connectivity index (χ0n) is 12.6. The van der Waals surface area contributed by atoms with Crippen molar-refractivity contribution in [2.24, 2.45) is 0 Å². The van der Waals surface area contributed by atoms with Crippen molar-refractivity contribution in [3.63, 3.8) is 0 Å². The van der Waals surface area contributed by atoms with E-state index < -0.39 is 0 Å². The van der Waals surface area contributed by atoms with Gasteiger partial charge in [-0.05, 0) is 48.5 Å². The molecule has 0 spiro atoms. The molecule has 0 N–H and O–H groups in total. The van der Waals surface area contributed by atoms with Gasteiger partial charge in [0.05, 0.1) is 7.11 Å². The molecule has 0 saturated carbocycles. The van der Waals surface area contributed by atoms with Crippen molar-refractivity contribution in [3.8, 4) is 29.0 Å². The molecule has 3 rings (SSSR count). The fourth-order valence-electron chi connectivity index (χ4n) is 1.89. The van der Waals surface area contributed by atoms with Gasteiger partial charge in [-0.1, -0.05) is 0 Å². The monoisotopic (exact) mass is 330 g/mol. The fraction of sp³-hybridized carbons (Fsp3) is 0.0588. The van der Waals surface area contributed by atoms with Crippen LogP contribution in [-0.4, -0.2) is 17.1 Å². The van der Waals surface area contributed by atoms with Crippen LogP contribution in [0.3, 0.4) is 0 Å². The van der Waals surface area contributed by atoms with Gasteiger partial charge in [-0.15, -0.1) is 0 Å². The van der Waals surface area contributed by atoms with Gasteiger partial charge in [-0.25, -0.2) is 8.78 Å². The quantitative estimate of drug-likeness (QED) is 0.696. The van der Waals surface area contributed by atoms with Gasteiger partial charge in [-0.2, -0.15) is 9.97 Å². The molecule has 2 aromatic carbocycles. The summed E-state index contributed by atoms with van der Waals surface area (Å²) in [6.45, 7) is 0. The van der Waals surface area contributed by atoms with Crippen molar-refractivity contribution in [1.82, 2.24) is 9.97 Å². The van der Waals surface area contributed by atoms with Crippen molar-refractivity contribution in [2.75, 3.05) is 7.11 Å². The van der Waals surface area contributed by atoms with Crippen molar-refractivity contribution in [1.29, 1.82) is 0 Å². The van der Waals surface area contributed by atoms with E-state index in [1.165, 1.54) is 62.0 Å². The molecule has 3 aromatic rings. The largest absolute Gasteiger partial charge is 0.487 e. The van der Waals surface area contributed by atoms with Crippen molar-refractivity contribution in [3.05, 3.63) is 66.5 Å². The fourth-order valence-corrected chi connectivity index (χ4v) is 1.89. The smallest absolute Gasteiger partial charge is 0.269 e. The number of hydrogen-bond acceptors (Lipinski definition) is 5. The van der Waals surface area contributed by atoms with E-state index in [9.17, 15) is 8.78 Å². The summed E-state index contributed by atoms with van der Waals surface area (Å²) >= 11 is 0. The number of ether oxygens (including phenoxy) is 3. The molecule has 0 amide bonds. The molecule has 0 bridgehead atoms. The average Bonchev–Trinajstić information content (AvgIpc) is 2.59. The lowest BCUT2D eigenvalue weighted by atomic mass is 10.3. The van der Waals surface area contributed by atoms with Crippen LogP contribution in [0.25, 0.3) is 0 Å². The highest BCUT2D eigenvalue weighted by Crippen LogP contribution is 2.37. The van der Waals surface area contributed by atoms with Crippen molar-refractivity contribution in [2.45, 2.75) is 0 Å². The summed E-state index contributed by atoms with van der Waals surface area (Å²) in [5.41, 5.74) is 0. The minimum atomic E-state index is -0.377. The summed E-state index contributed by atoms with van der Waals surface area (Å²) in [5, 5.41) is 0. The molecule has 122 valence electrons. The molecule has 0 aliphatic heterocycles. The Hall–Kier alpha value is -3.22. The van der Waals surface area contributed by atoms with E-state index in [-0.39, 0.29) is 29.1 Å². The molecule has 0 radical (unpaired) electrons. The normalized spacial score (nSPS) is 10.3. The Morgan fingerprint density at radius 2 is 1.12 bits per heavy atom. The minimum Gasteiger partial charge on any atom is -0.487 e.